The maximum absolute atomic E-state index is 4.28. The maximum Gasteiger partial charge on any atom is 0.129 e. The van der Waals surface area contributed by atoms with Gasteiger partial charge in [0.15, 0.2) is 0 Å². The van der Waals surface area contributed by atoms with Gasteiger partial charge >= 0.3 is 0 Å². The van der Waals surface area contributed by atoms with Gasteiger partial charge in [-0.15, -0.1) is 0 Å². The Bertz CT molecular complexity index is 606. The molecule has 1 N–H and O–H groups in total. The molecule has 1 aliphatic heterocycles. The number of rotatable bonds is 6. The molecular weight excluding hydrogens is 272 g/mol. The van der Waals surface area contributed by atoms with Crippen molar-refractivity contribution in [3.05, 3.63) is 53.5 Å². The van der Waals surface area contributed by atoms with Crippen molar-refractivity contribution in [2.45, 2.75) is 39.3 Å². The van der Waals surface area contributed by atoms with E-state index < -0.39 is 0 Å². The largest absolute Gasteiger partial charge is 0.366 e. The van der Waals surface area contributed by atoms with E-state index in [0.717, 1.165) is 31.0 Å². The lowest BCUT2D eigenvalue weighted by Gasteiger charge is -2.15. The molecule has 3 rings (SSSR count). The normalized spacial score (nSPS) is 15.1. The van der Waals surface area contributed by atoms with Crippen molar-refractivity contribution in [2.75, 3.05) is 18.4 Å². The van der Waals surface area contributed by atoms with Crippen LogP contribution in [0.4, 0.5) is 5.82 Å². The predicted octanol–water partition coefficient (Wildman–Crippen LogP) is 3.25. The third-order valence-corrected chi connectivity index (χ3v) is 4.16. The molecule has 0 spiro atoms. The van der Waals surface area contributed by atoms with Gasteiger partial charge in [0, 0.05) is 24.8 Å². The van der Waals surface area contributed by atoms with Crippen molar-refractivity contribution in [2.24, 2.45) is 0 Å². The molecule has 0 radical (unpaired) electrons. The summed E-state index contributed by atoms with van der Waals surface area (Å²) < 4.78 is 0. The zero-order valence-corrected chi connectivity index (χ0v) is 13.3. The number of nitrogens with zero attached hydrogens (tertiary/aromatic N) is 3. The Balaban J connectivity index is 1.59. The minimum atomic E-state index is 0.800. The van der Waals surface area contributed by atoms with Crippen molar-refractivity contribution >= 4 is 5.82 Å². The third-order valence-electron chi connectivity index (χ3n) is 4.16. The van der Waals surface area contributed by atoms with E-state index in [1.807, 2.05) is 6.07 Å². The quantitative estimate of drug-likeness (QED) is 0.888. The van der Waals surface area contributed by atoms with Crippen LogP contribution in [0.25, 0.3) is 0 Å². The number of aromatic nitrogens is 2. The summed E-state index contributed by atoms with van der Waals surface area (Å²) in [5.74, 6) is 0.900. The summed E-state index contributed by atoms with van der Waals surface area (Å²) in [5, 5.41) is 3.39. The van der Waals surface area contributed by atoms with Crippen LogP contribution >= 0.6 is 0 Å². The molecule has 4 nitrogen and oxygen atoms in total. The fraction of sp³-hybridized carbons (Fsp3) is 0.444. The summed E-state index contributed by atoms with van der Waals surface area (Å²) in [6.45, 7) is 6.45. The zero-order valence-electron chi connectivity index (χ0n) is 13.3. The van der Waals surface area contributed by atoms with Gasteiger partial charge in [0.05, 0.1) is 0 Å². The molecular formula is C18H24N4. The lowest BCUT2D eigenvalue weighted by molar-refractivity contribution is 0.331. The number of hydrogen-bond donors (Lipinski definition) is 1. The first-order chi connectivity index (χ1) is 10.8. The number of hydrogen-bond acceptors (Lipinski definition) is 4. The van der Waals surface area contributed by atoms with Crippen molar-refractivity contribution < 1.29 is 0 Å². The second-order valence-electron chi connectivity index (χ2n) is 5.90. The van der Waals surface area contributed by atoms with Gasteiger partial charge in [-0.3, -0.25) is 4.90 Å². The summed E-state index contributed by atoms with van der Waals surface area (Å²) in [5.41, 5.74) is 3.77. The molecule has 0 bridgehead atoms. The smallest absolute Gasteiger partial charge is 0.129 e. The van der Waals surface area contributed by atoms with Crippen LogP contribution < -0.4 is 5.32 Å². The van der Waals surface area contributed by atoms with Crippen LogP contribution in [0.5, 0.6) is 0 Å². The summed E-state index contributed by atoms with van der Waals surface area (Å²) in [6, 6.07) is 10.9. The molecule has 116 valence electrons. The molecule has 2 aromatic rings. The molecule has 4 heteroatoms. The van der Waals surface area contributed by atoms with E-state index in [9.17, 15) is 0 Å². The van der Waals surface area contributed by atoms with Gasteiger partial charge in [0.1, 0.15) is 12.1 Å². The van der Waals surface area contributed by atoms with Crippen molar-refractivity contribution in [3.63, 3.8) is 0 Å². The zero-order chi connectivity index (χ0) is 15.2. The molecule has 0 amide bonds. The lowest BCUT2D eigenvalue weighted by Crippen LogP contribution is -2.18. The Kier molecular flexibility index (Phi) is 5.01. The van der Waals surface area contributed by atoms with Crippen molar-refractivity contribution in [1.29, 1.82) is 0 Å². The van der Waals surface area contributed by atoms with Gasteiger partial charge in [-0.1, -0.05) is 31.2 Å². The van der Waals surface area contributed by atoms with E-state index in [0.29, 0.717) is 0 Å². The van der Waals surface area contributed by atoms with E-state index in [-0.39, 0.29) is 0 Å². The molecule has 1 aliphatic rings. The first kappa shape index (κ1) is 15.0. The summed E-state index contributed by atoms with van der Waals surface area (Å²) in [7, 11) is 0. The van der Waals surface area contributed by atoms with Crippen LogP contribution in [0.1, 0.15) is 36.6 Å². The van der Waals surface area contributed by atoms with E-state index in [1.165, 1.54) is 37.1 Å². The standard InChI is InChI=1S/C18H24N4/c1-2-17-11-18(21-14-20-17)19-12-15-6-5-7-16(10-15)13-22-8-3-4-9-22/h5-7,10-11,14H,2-4,8-9,12-13H2,1H3,(H,19,20,21). The van der Waals surface area contributed by atoms with Gasteiger partial charge in [-0.25, -0.2) is 9.97 Å². The molecule has 22 heavy (non-hydrogen) atoms. The average Bonchev–Trinajstić information content (AvgIpc) is 3.06. The van der Waals surface area contributed by atoms with Crippen molar-refractivity contribution in [3.8, 4) is 0 Å². The second kappa shape index (κ2) is 7.36. The minimum absolute atomic E-state index is 0.800. The van der Waals surface area contributed by atoms with E-state index in [1.54, 1.807) is 6.33 Å². The number of aryl methyl sites for hydroxylation is 1. The summed E-state index contributed by atoms with van der Waals surface area (Å²) in [4.78, 5) is 11.0. The van der Waals surface area contributed by atoms with Gasteiger partial charge in [-0.05, 0) is 43.5 Å². The summed E-state index contributed by atoms with van der Waals surface area (Å²) in [6.07, 6.45) is 5.25. The average molecular weight is 296 g/mol. The molecule has 1 fully saturated rings. The number of anilines is 1. The Labute approximate surface area is 132 Å². The van der Waals surface area contributed by atoms with E-state index >= 15 is 0 Å². The fourth-order valence-corrected chi connectivity index (χ4v) is 2.92. The van der Waals surface area contributed by atoms with Crippen LogP contribution in [0.3, 0.4) is 0 Å². The van der Waals surface area contributed by atoms with Crippen LogP contribution in [0.2, 0.25) is 0 Å². The van der Waals surface area contributed by atoms with Gasteiger partial charge in [-0.2, -0.15) is 0 Å². The molecule has 0 atom stereocenters. The highest BCUT2D eigenvalue weighted by Crippen LogP contribution is 2.14. The first-order valence-electron chi connectivity index (χ1n) is 8.18. The van der Waals surface area contributed by atoms with E-state index in [2.05, 4.69) is 51.4 Å². The van der Waals surface area contributed by atoms with Crippen LogP contribution in [-0.4, -0.2) is 28.0 Å². The van der Waals surface area contributed by atoms with Crippen LogP contribution in [-0.2, 0) is 19.5 Å². The van der Waals surface area contributed by atoms with Gasteiger partial charge in [0.2, 0.25) is 0 Å². The number of nitrogens with one attached hydrogen (secondary N) is 1. The predicted molar refractivity (Wildman–Crippen MR) is 89.7 cm³/mol. The van der Waals surface area contributed by atoms with Gasteiger partial charge < -0.3 is 5.32 Å². The van der Waals surface area contributed by atoms with Crippen LogP contribution in [0.15, 0.2) is 36.7 Å². The highest BCUT2D eigenvalue weighted by Gasteiger charge is 2.11. The molecule has 1 saturated heterocycles. The molecule has 0 unspecified atom stereocenters. The minimum Gasteiger partial charge on any atom is -0.366 e. The number of likely N-dealkylation sites (tertiary alicyclic amines) is 1. The lowest BCUT2D eigenvalue weighted by atomic mass is 10.1. The Morgan fingerprint density at radius 1 is 1.09 bits per heavy atom. The number of benzene rings is 1. The van der Waals surface area contributed by atoms with Crippen molar-refractivity contribution in [1.82, 2.24) is 14.9 Å². The Morgan fingerprint density at radius 3 is 2.73 bits per heavy atom. The highest BCUT2D eigenvalue weighted by molar-refractivity contribution is 5.36. The third kappa shape index (κ3) is 4.04. The monoisotopic (exact) mass is 296 g/mol. The molecule has 0 saturated carbocycles. The highest BCUT2D eigenvalue weighted by atomic mass is 15.1. The Hall–Kier alpha value is -1.94. The Morgan fingerprint density at radius 2 is 1.91 bits per heavy atom. The molecule has 0 aliphatic carbocycles. The van der Waals surface area contributed by atoms with Gasteiger partial charge in [0.25, 0.3) is 0 Å². The molecule has 1 aromatic carbocycles. The van der Waals surface area contributed by atoms with E-state index in [4.69, 9.17) is 0 Å². The first-order valence-corrected chi connectivity index (χ1v) is 8.18. The SMILES string of the molecule is CCc1cc(NCc2cccc(CN3CCCC3)c2)ncn1. The maximum atomic E-state index is 4.28. The second-order valence-corrected chi connectivity index (χ2v) is 5.90. The van der Waals surface area contributed by atoms with Crippen LogP contribution in [0, 0.1) is 0 Å². The summed E-state index contributed by atoms with van der Waals surface area (Å²) >= 11 is 0. The molecule has 1 aromatic heterocycles. The fourth-order valence-electron chi connectivity index (χ4n) is 2.92. The molecule has 2 heterocycles. The topological polar surface area (TPSA) is 41.0 Å².